The van der Waals surface area contributed by atoms with E-state index >= 15 is 0 Å². The first kappa shape index (κ1) is 25.8. The Morgan fingerprint density at radius 3 is 2.65 bits per heavy atom. The Bertz CT molecular complexity index is 1600. The van der Waals surface area contributed by atoms with E-state index in [2.05, 4.69) is 36.2 Å². The molecule has 1 unspecified atom stereocenters. The molecule has 0 bridgehead atoms. The fourth-order valence-electron chi connectivity index (χ4n) is 4.83. The molecule has 1 atom stereocenters. The van der Waals surface area contributed by atoms with Gasteiger partial charge in [0.05, 0.1) is 21.7 Å². The van der Waals surface area contributed by atoms with E-state index in [0.29, 0.717) is 49.1 Å². The second-order valence-corrected chi connectivity index (χ2v) is 12.3. The predicted octanol–water partition coefficient (Wildman–Crippen LogP) is 5.05. The largest absolute Gasteiger partial charge is 0.380 e. The van der Waals surface area contributed by atoms with Crippen LogP contribution in [0.25, 0.3) is 21.0 Å². The van der Waals surface area contributed by atoms with Crippen LogP contribution in [0.5, 0.6) is 0 Å². The van der Waals surface area contributed by atoms with Crippen LogP contribution < -0.4 is 4.80 Å². The Kier molecular flexibility index (Phi) is 7.57. The van der Waals surface area contributed by atoms with Gasteiger partial charge < -0.3 is 9.30 Å². The van der Waals surface area contributed by atoms with Gasteiger partial charge in [0.15, 0.2) is 4.80 Å². The summed E-state index contributed by atoms with van der Waals surface area (Å²) in [7, 11) is -3.58. The molecule has 194 valence electrons. The van der Waals surface area contributed by atoms with Gasteiger partial charge in [-0.25, -0.2) is 8.42 Å². The van der Waals surface area contributed by atoms with Crippen molar-refractivity contribution >= 4 is 48.3 Å². The van der Waals surface area contributed by atoms with Crippen molar-refractivity contribution in [3.05, 3.63) is 71.0 Å². The van der Waals surface area contributed by atoms with E-state index in [4.69, 9.17) is 4.74 Å². The van der Waals surface area contributed by atoms with Gasteiger partial charge in [0.2, 0.25) is 10.0 Å². The number of hydrogen-bond acceptors (Lipinski definition) is 5. The van der Waals surface area contributed by atoms with Gasteiger partial charge in [0, 0.05) is 37.2 Å². The zero-order valence-electron chi connectivity index (χ0n) is 21.1. The average molecular weight is 538 g/mol. The molecule has 7 nitrogen and oxygen atoms in total. The van der Waals surface area contributed by atoms with Crippen molar-refractivity contribution in [1.29, 1.82) is 0 Å². The lowest BCUT2D eigenvalue weighted by atomic mass is 10.0. The first-order valence-electron chi connectivity index (χ1n) is 12.7. The number of sulfonamides is 1. The highest BCUT2D eigenvalue weighted by atomic mass is 32.2. The third-order valence-electron chi connectivity index (χ3n) is 6.79. The summed E-state index contributed by atoms with van der Waals surface area (Å²) in [4.78, 5) is 18.4. The van der Waals surface area contributed by atoms with Crippen molar-refractivity contribution in [1.82, 2.24) is 8.87 Å². The summed E-state index contributed by atoms with van der Waals surface area (Å²) in [6.07, 6.45) is 1.91. The van der Waals surface area contributed by atoms with Gasteiger partial charge in [-0.15, -0.1) is 0 Å². The molecular formula is C28H31N3O4S2. The zero-order chi connectivity index (χ0) is 26.0. The number of rotatable bonds is 7. The minimum Gasteiger partial charge on any atom is -0.380 e. The molecule has 1 saturated heterocycles. The van der Waals surface area contributed by atoms with Crippen molar-refractivity contribution in [3.8, 4) is 0 Å². The molecular weight excluding hydrogens is 506 g/mol. The van der Waals surface area contributed by atoms with Gasteiger partial charge in [-0.05, 0) is 61.4 Å². The van der Waals surface area contributed by atoms with Crippen LogP contribution in [0.2, 0.25) is 0 Å². The summed E-state index contributed by atoms with van der Waals surface area (Å²) in [5.74, 6) is -0.0624. The minimum absolute atomic E-state index is 0.207. The fourth-order valence-corrected chi connectivity index (χ4v) is 7.62. The molecule has 0 spiro atoms. The predicted molar refractivity (Wildman–Crippen MR) is 147 cm³/mol. The number of hydrogen-bond donors (Lipinski definition) is 0. The summed E-state index contributed by atoms with van der Waals surface area (Å²) in [5.41, 5.74) is 1.36. The molecule has 9 heteroatoms. The fraction of sp³-hybridized carbons (Fsp3) is 0.357. The quantitative estimate of drug-likeness (QED) is 0.309. The van der Waals surface area contributed by atoms with Crippen molar-refractivity contribution in [3.63, 3.8) is 0 Å². The highest BCUT2D eigenvalue weighted by Gasteiger charge is 2.28. The van der Waals surface area contributed by atoms with Crippen molar-refractivity contribution in [2.45, 2.75) is 38.1 Å². The third kappa shape index (κ3) is 5.27. The maximum absolute atomic E-state index is 13.2. The van der Waals surface area contributed by atoms with E-state index < -0.39 is 15.9 Å². The Balaban J connectivity index is 1.49. The summed E-state index contributed by atoms with van der Waals surface area (Å²) >= 11 is 1.48. The molecule has 37 heavy (non-hydrogen) atoms. The minimum atomic E-state index is -3.58. The topological polar surface area (TPSA) is 81.0 Å². The lowest BCUT2D eigenvalue weighted by molar-refractivity contribution is 0.0996. The lowest BCUT2D eigenvalue weighted by Crippen LogP contribution is -2.39. The monoisotopic (exact) mass is 537 g/mol. The summed E-state index contributed by atoms with van der Waals surface area (Å²) in [6, 6.07) is 18.4. The molecule has 2 heterocycles. The van der Waals surface area contributed by atoms with Crippen LogP contribution in [-0.4, -0.2) is 49.5 Å². The van der Waals surface area contributed by atoms with Crippen LogP contribution in [-0.2, 0) is 21.3 Å². The van der Waals surface area contributed by atoms with E-state index in [0.717, 1.165) is 33.8 Å². The van der Waals surface area contributed by atoms with Crippen molar-refractivity contribution in [2.75, 3.05) is 26.3 Å². The number of ether oxygens (including phenoxy) is 1. The molecule has 1 fully saturated rings. The van der Waals surface area contributed by atoms with E-state index in [1.165, 1.54) is 23.5 Å². The first-order valence-corrected chi connectivity index (χ1v) is 14.9. The van der Waals surface area contributed by atoms with Crippen LogP contribution in [0.1, 0.15) is 37.0 Å². The van der Waals surface area contributed by atoms with Gasteiger partial charge in [0.1, 0.15) is 0 Å². The van der Waals surface area contributed by atoms with Crippen LogP contribution in [0, 0.1) is 5.92 Å². The van der Waals surface area contributed by atoms with Crippen LogP contribution >= 0.6 is 11.3 Å². The second-order valence-electron chi connectivity index (χ2n) is 9.42. The molecule has 1 amide bonds. The summed E-state index contributed by atoms with van der Waals surface area (Å²) in [5, 5.41) is 2.25. The van der Waals surface area contributed by atoms with Gasteiger partial charge in [0.25, 0.3) is 5.91 Å². The number of carbonyl (C=O) groups excluding carboxylic acids is 1. The van der Waals surface area contributed by atoms with E-state index in [1.54, 1.807) is 16.4 Å². The molecule has 1 aliphatic heterocycles. The maximum Gasteiger partial charge on any atom is 0.279 e. The van der Waals surface area contributed by atoms with Gasteiger partial charge in [-0.3, -0.25) is 4.79 Å². The summed E-state index contributed by atoms with van der Waals surface area (Å²) < 4.78 is 36.4. The third-order valence-corrected chi connectivity index (χ3v) is 9.80. The Morgan fingerprint density at radius 1 is 1.11 bits per heavy atom. The number of fused-ring (bicyclic) bond motifs is 3. The first-order chi connectivity index (χ1) is 17.9. The van der Waals surface area contributed by atoms with Gasteiger partial charge >= 0.3 is 0 Å². The molecule has 0 aliphatic carbocycles. The van der Waals surface area contributed by atoms with Crippen LogP contribution in [0.15, 0.2) is 70.6 Å². The maximum atomic E-state index is 13.2. The molecule has 5 rings (SSSR count). The van der Waals surface area contributed by atoms with Crippen molar-refractivity contribution in [2.24, 2.45) is 10.9 Å². The highest BCUT2D eigenvalue weighted by molar-refractivity contribution is 7.89. The molecule has 0 radical (unpaired) electrons. The van der Waals surface area contributed by atoms with Crippen LogP contribution in [0.3, 0.4) is 0 Å². The van der Waals surface area contributed by atoms with Crippen LogP contribution in [0.4, 0.5) is 0 Å². The smallest absolute Gasteiger partial charge is 0.279 e. The standard InChI is InChI=1S/C28H31N3O4S2/c1-3-35-18-17-31-25-15-12-21-8-4-5-9-24(21)26(25)36-28(31)29-27(32)22-10-13-23(14-11-22)37(33,34)30-16-6-7-20(2)19-30/h4-5,8-15,20H,3,6-7,16-19H2,1-2H3. The lowest BCUT2D eigenvalue weighted by Gasteiger charge is -2.30. The number of piperidine rings is 1. The SMILES string of the molecule is CCOCCn1c(=NC(=O)c2ccc(S(=O)(=O)N3CCCC(C)C3)cc2)sc2c3ccccc3ccc21. The van der Waals surface area contributed by atoms with Crippen molar-refractivity contribution < 1.29 is 17.9 Å². The highest BCUT2D eigenvalue weighted by Crippen LogP contribution is 2.28. The number of benzene rings is 3. The average Bonchev–Trinajstić information content (AvgIpc) is 3.26. The number of amides is 1. The van der Waals surface area contributed by atoms with Gasteiger partial charge in [-0.1, -0.05) is 48.6 Å². The number of nitrogens with zero attached hydrogens (tertiary/aromatic N) is 3. The molecule has 0 saturated carbocycles. The molecule has 0 N–H and O–H groups in total. The van der Waals surface area contributed by atoms with E-state index in [1.807, 2.05) is 23.6 Å². The second kappa shape index (κ2) is 10.9. The number of thiazole rings is 1. The normalized spacial score (nSPS) is 17.6. The molecule has 4 aromatic rings. The number of aromatic nitrogens is 1. The Morgan fingerprint density at radius 2 is 1.89 bits per heavy atom. The molecule has 3 aromatic carbocycles. The van der Waals surface area contributed by atoms with E-state index in [-0.39, 0.29) is 4.90 Å². The zero-order valence-corrected chi connectivity index (χ0v) is 22.7. The van der Waals surface area contributed by atoms with E-state index in [9.17, 15) is 13.2 Å². The van der Waals surface area contributed by atoms with Gasteiger partial charge in [-0.2, -0.15) is 9.30 Å². The molecule has 1 aromatic heterocycles. The summed E-state index contributed by atoms with van der Waals surface area (Å²) in [6.45, 7) is 6.78. The Labute approximate surface area is 221 Å². The molecule has 1 aliphatic rings. The Hall–Kier alpha value is -2.85. The number of carbonyl (C=O) groups is 1.